The standard InChI is InChI=1S/C25H18F3N5OS/c1-14-5-6-16(10-20(14)22-12-29-23-4-3-7-30-33(22)23)24(34)32-19-9-17(21-13-35-15(2)31-21)8-18(11-19)25(26,27)28/h3-13H,1-2H3,(H,32,34). The Labute approximate surface area is 202 Å². The number of rotatable bonds is 4. The van der Waals surface area contributed by atoms with Crippen LogP contribution >= 0.6 is 11.3 Å². The highest BCUT2D eigenvalue weighted by Gasteiger charge is 2.31. The molecule has 3 heterocycles. The van der Waals surface area contributed by atoms with Crippen LogP contribution in [0.2, 0.25) is 0 Å². The van der Waals surface area contributed by atoms with Gasteiger partial charge in [-0.1, -0.05) is 6.07 Å². The third-order valence-electron chi connectivity index (χ3n) is 5.49. The molecule has 0 saturated heterocycles. The largest absolute Gasteiger partial charge is 0.416 e. The van der Waals surface area contributed by atoms with Crippen LogP contribution in [0, 0.1) is 13.8 Å². The smallest absolute Gasteiger partial charge is 0.322 e. The van der Waals surface area contributed by atoms with Crippen molar-refractivity contribution < 1.29 is 18.0 Å². The van der Waals surface area contributed by atoms with E-state index in [4.69, 9.17) is 0 Å². The first-order valence-electron chi connectivity index (χ1n) is 10.5. The molecule has 0 unspecified atom stereocenters. The van der Waals surface area contributed by atoms with Crippen LogP contribution < -0.4 is 5.32 Å². The van der Waals surface area contributed by atoms with Gasteiger partial charge in [-0.15, -0.1) is 11.3 Å². The van der Waals surface area contributed by atoms with Crippen LogP contribution in [0.3, 0.4) is 0 Å². The molecule has 3 aromatic heterocycles. The number of halogens is 3. The van der Waals surface area contributed by atoms with Crippen molar-refractivity contribution in [3.05, 3.63) is 88.0 Å². The molecule has 0 bridgehead atoms. The predicted octanol–water partition coefficient (Wildman–Crippen LogP) is 6.41. The number of hydrogen-bond acceptors (Lipinski definition) is 5. The number of nitrogens with zero attached hydrogens (tertiary/aromatic N) is 4. The molecule has 0 aliphatic carbocycles. The zero-order valence-electron chi connectivity index (χ0n) is 18.6. The second kappa shape index (κ2) is 8.62. The maximum absolute atomic E-state index is 13.6. The second-order valence-electron chi connectivity index (χ2n) is 7.97. The lowest BCUT2D eigenvalue weighted by Gasteiger charge is -2.13. The van der Waals surface area contributed by atoms with Crippen molar-refractivity contribution in [2.24, 2.45) is 0 Å². The molecule has 0 fully saturated rings. The minimum Gasteiger partial charge on any atom is -0.322 e. The zero-order chi connectivity index (χ0) is 24.7. The first-order chi connectivity index (χ1) is 16.7. The van der Waals surface area contributed by atoms with Crippen LogP contribution in [-0.4, -0.2) is 25.5 Å². The number of amides is 1. The van der Waals surface area contributed by atoms with E-state index in [-0.39, 0.29) is 11.3 Å². The molecular weight excluding hydrogens is 475 g/mol. The molecule has 0 atom stereocenters. The van der Waals surface area contributed by atoms with Gasteiger partial charge in [0.05, 0.1) is 28.2 Å². The number of anilines is 1. The topological polar surface area (TPSA) is 72.2 Å². The Kier molecular flexibility index (Phi) is 5.60. The fourth-order valence-corrected chi connectivity index (χ4v) is 4.38. The number of carbonyl (C=O) groups excluding carboxylic acids is 1. The van der Waals surface area contributed by atoms with Crippen LogP contribution in [0.4, 0.5) is 18.9 Å². The summed E-state index contributed by atoms with van der Waals surface area (Å²) in [5.74, 6) is -0.534. The van der Waals surface area contributed by atoms with Gasteiger partial charge in [0.25, 0.3) is 5.91 Å². The lowest BCUT2D eigenvalue weighted by atomic mass is 10.0. The Morgan fingerprint density at radius 1 is 1.09 bits per heavy atom. The Balaban J connectivity index is 1.51. The Bertz CT molecular complexity index is 1570. The van der Waals surface area contributed by atoms with Crippen LogP contribution in [0.5, 0.6) is 0 Å². The number of aryl methyl sites for hydroxylation is 2. The highest BCUT2D eigenvalue weighted by atomic mass is 32.1. The van der Waals surface area contributed by atoms with Gasteiger partial charge < -0.3 is 5.32 Å². The minimum absolute atomic E-state index is 0.0315. The van der Waals surface area contributed by atoms with Crippen molar-refractivity contribution in [3.8, 4) is 22.5 Å². The second-order valence-corrected chi connectivity index (χ2v) is 9.03. The number of alkyl halides is 3. The van der Waals surface area contributed by atoms with Gasteiger partial charge in [-0.3, -0.25) is 4.79 Å². The highest BCUT2D eigenvalue weighted by molar-refractivity contribution is 7.09. The number of carbonyl (C=O) groups is 1. The Morgan fingerprint density at radius 3 is 2.66 bits per heavy atom. The quantitative estimate of drug-likeness (QED) is 0.314. The van der Waals surface area contributed by atoms with Gasteiger partial charge in [-0.25, -0.2) is 14.5 Å². The molecular formula is C25H18F3N5OS. The maximum Gasteiger partial charge on any atom is 0.416 e. The summed E-state index contributed by atoms with van der Waals surface area (Å²) in [7, 11) is 0. The van der Waals surface area contributed by atoms with E-state index in [1.54, 1.807) is 53.5 Å². The fraction of sp³-hybridized carbons (Fsp3) is 0.120. The Morgan fingerprint density at radius 2 is 1.91 bits per heavy atom. The SMILES string of the molecule is Cc1nc(-c2cc(NC(=O)c3ccc(C)c(-c4cnc5cccnn45)c3)cc(C(F)(F)F)c2)cs1. The van der Waals surface area contributed by atoms with Crippen molar-refractivity contribution in [1.29, 1.82) is 0 Å². The van der Waals surface area contributed by atoms with E-state index in [1.165, 1.54) is 17.4 Å². The molecule has 1 amide bonds. The molecule has 176 valence electrons. The molecule has 10 heteroatoms. The monoisotopic (exact) mass is 493 g/mol. The van der Waals surface area contributed by atoms with Gasteiger partial charge in [0.1, 0.15) is 0 Å². The first kappa shape index (κ1) is 22.7. The van der Waals surface area contributed by atoms with Gasteiger partial charge in [-0.05, 0) is 61.9 Å². The third-order valence-corrected chi connectivity index (χ3v) is 6.26. The summed E-state index contributed by atoms with van der Waals surface area (Å²) in [6.45, 7) is 3.67. The number of imidazole rings is 1. The summed E-state index contributed by atoms with van der Waals surface area (Å²) in [6, 6.07) is 12.1. The fourth-order valence-electron chi connectivity index (χ4n) is 3.76. The van der Waals surface area contributed by atoms with Gasteiger partial charge in [0.15, 0.2) is 5.65 Å². The van der Waals surface area contributed by atoms with Crippen LogP contribution in [0.25, 0.3) is 28.2 Å². The number of hydrogen-bond donors (Lipinski definition) is 1. The molecule has 5 rings (SSSR count). The molecule has 1 N–H and O–H groups in total. The summed E-state index contributed by atoms with van der Waals surface area (Å²) >= 11 is 1.34. The molecule has 5 aromatic rings. The predicted molar refractivity (Wildman–Crippen MR) is 128 cm³/mol. The molecule has 0 aliphatic rings. The molecule has 6 nitrogen and oxygen atoms in total. The summed E-state index contributed by atoms with van der Waals surface area (Å²) < 4.78 is 42.4. The minimum atomic E-state index is -4.58. The summed E-state index contributed by atoms with van der Waals surface area (Å²) in [5, 5.41) is 9.35. The maximum atomic E-state index is 13.6. The highest BCUT2D eigenvalue weighted by Crippen LogP contribution is 2.35. The van der Waals surface area contributed by atoms with Gasteiger partial charge in [0, 0.05) is 34.0 Å². The summed E-state index contributed by atoms with van der Waals surface area (Å²) in [6.07, 6.45) is -1.27. The van der Waals surface area contributed by atoms with E-state index in [0.29, 0.717) is 22.6 Å². The molecule has 2 aromatic carbocycles. The number of fused-ring (bicyclic) bond motifs is 1. The van der Waals surface area contributed by atoms with Gasteiger partial charge in [-0.2, -0.15) is 18.3 Å². The third kappa shape index (κ3) is 4.52. The number of nitrogens with one attached hydrogen (secondary N) is 1. The van der Waals surface area contributed by atoms with Crippen molar-refractivity contribution in [1.82, 2.24) is 19.6 Å². The van der Waals surface area contributed by atoms with Crippen molar-refractivity contribution in [2.45, 2.75) is 20.0 Å². The van der Waals surface area contributed by atoms with Gasteiger partial charge in [0.2, 0.25) is 0 Å². The molecule has 35 heavy (non-hydrogen) atoms. The molecule has 0 radical (unpaired) electrons. The van der Waals surface area contributed by atoms with Crippen LogP contribution in [0.1, 0.15) is 26.5 Å². The number of aromatic nitrogens is 4. The normalized spacial score (nSPS) is 11.7. The molecule has 0 aliphatic heterocycles. The van der Waals surface area contributed by atoms with E-state index in [2.05, 4.69) is 20.4 Å². The van der Waals surface area contributed by atoms with Crippen LogP contribution in [-0.2, 0) is 6.18 Å². The number of thiazole rings is 1. The average Bonchev–Trinajstić information content (AvgIpc) is 3.45. The van der Waals surface area contributed by atoms with Crippen LogP contribution in [0.15, 0.2) is 66.3 Å². The average molecular weight is 494 g/mol. The van der Waals surface area contributed by atoms with Gasteiger partial charge >= 0.3 is 6.18 Å². The van der Waals surface area contributed by atoms with E-state index < -0.39 is 17.6 Å². The number of benzene rings is 2. The van der Waals surface area contributed by atoms with E-state index in [9.17, 15) is 18.0 Å². The van der Waals surface area contributed by atoms with E-state index in [1.807, 2.05) is 13.0 Å². The lowest BCUT2D eigenvalue weighted by Crippen LogP contribution is -2.14. The van der Waals surface area contributed by atoms with E-state index in [0.717, 1.165) is 28.3 Å². The molecule has 0 saturated carbocycles. The summed E-state index contributed by atoms with van der Waals surface area (Å²) in [4.78, 5) is 21.7. The zero-order valence-corrected chi connectivity index (χ0v) is 19.4. The van der Waals surface area contributed by atoms with Crippen molar-refractivity contribution >= 4 is 28.6 Å². The van der Waals surface area contributed by atoms with E-state index >= 15 is 0 Å². The Hall–Kier alpha value is -4.05. The van der Waals surface area contributed by atoms with Crippen molar-refractivity contribution in [3.63, 3.8) is 0 Å². The summed E-state index contributed by atoms with van der Waals surface area (Å²) in [5.41, 5.74) is 3.16. The lowest BCUT2D eigenvalue weighted by molar-refractivity contribution is -0.137. The molecule has 0 spiro atoms. The van der Waals surface area contributed by atoms with Crippen molar-refractivity contribution in [2.75, 3.05) is 5.32 Å². The first-order valence-corrected chi connectivity index (χ1v) is 11.4.